The van der Waals surface area contributed by atoms with Gasteiger partial charge in [0.1, 0.15) is 0 Å². The van der Waals surface area contributed by atoms with E-state index < -0.39 is 0 Å². The summed E-state index contributed by atoms with van der Waals surface area (Å²) in [5, 5.41) is 11.3. The number of amides is 1. The third-order valence-corrected chi connectivity index (χ3v) is 4.33. The molecule has 1 fully saturated rings. The number of aromatic nitrogens is 5. The van der Waals surface area contributed by atoms with Gasteiger partial charge in [0.25, 0.3) is 0 Å². The van der Waals surface area contributed by atoms with Gasteiger partial charge >= 0.3 is 0 Å². The van der Waals surface area contributed by atoms with Crippen molar-refractivity contribution < 1.29 is 4.79 Å². The van der Waals surface area contributed by atoms with Crippen LogP contribution >= 0.6 is 0 Å². The molecule has 1 amide bonds. The lowest BCUT2D eigenvalue weighted by Crippen LogP contribution is -2.07. The van der Waals surface area contributed by atoms with Crippen LogP contribution in [-0.4, -0.2) is 30.5 Å². The molecule has 0 spiro atoms. The van der Waals surface area contributed by atoms with E-state index in [-0.39, 0.29) is 5.91 Å². The average Bonchev–Trinajstić information content (AvgIpc) is 3.17. The minimum atomic E-state index is -0.197. The molecule has 132 valence electrons. The third kappa shape index (κ3) is 3.88. The Labute approximate surface area is 151 Å². The molecule has 0 radical (unpaired) electrons. The molecule has 4 rings (SSSR count). The van der Waals surface area contributed by atoms with Gasteiger partial charge in [0, 0.05) is 55.6 Å². The number of hydrogen-bond donors (Lipinski definition) is 1. The Morgan fingerprint density at radius 1 is 1.27 bits per heavy atom. The van der Waals surface area contributed by atoms with Crippen molar-refractivity contribution in [2.24, 2.45) is 13.0 Å². The number of carbonyl (C=O) groups is 1. The number of pyridine rings is 1. The summed E-state index contributed by atoms with van der Waals surface area (Å²) in [6.07, 6.45) is 16.6. The fourth-order valence-corrected chi connectivity index (χ4v) is 2.81. The highest BCUT2D eigenvalue weighted by atomic mass is 16.1. The van der Waals surface area contributed by atoms with Crippen LogP contribution < -0.4 is 5.32 Å². The van der Waals surface area contributed by atoms with Crippen LogP contribution in [0.3, 0.4) is 0 Å². The van der Waals surface area contributed by atoms with E-state index in [0.717, 1.165) is 29.2 Å². The van der Waals surface area contributed by atoms with Gasteiger partial charge in [0.05, 0.1) is 18.1 Å². The van der Waals surface area contributed by atoms with Crippen molar-refractivity contribution in [1.82, 2.24) is 24.5 Å². The van der Waals surface area contributed by atoms with Crippen molar-refractivity contribution in [2.45, 2.75) is 19.4 Å². The first-order valence-electron chi connectivity index (χ1n) is 8.62. The van der Waals surface area contributed by atoms with Gasteiger partial charge in [-0.05, 0) is 36.5 Å². The van der Waals surface area contributed by atoms with Crippen molar-refractivity contribution in [3.8, 4) is 11.1 Å². The molecular weight excluding hydrogens is 328 g/mol. The fourth-order valence-electron chi connectivity index (χ4n) is 2.81. The second kappa shape index (κ2) is 6.95. The predicted octanol–water partition coefficient (Wildman–Crippen LogP) is 2.74. The third-order valence-electron chi connectivity index (χ3n) is 4.33. The molecule has 0 atom stereocenters. The van der Waals surface area contributed by atoms with E-state index in [9.17, 15) is 4.79 Å². The Morgan fingerprint density at radius 2 is 2.15 bits per heavy atom. The minimum Gasteiger partial charge on any atom is -0.320 e. The highest BCUT2D eigenvalue weighted by Crippen LogP contribution is 2.30. The summed E-state index contributed by atoms with van der Waals surface area (Å²) >= 11 is 0. The lowest BCUT2D eigenvalue weighted by Gasteiger charge is -2.02. The molecule has 1 saturated carbocycles. The van der Waals surface area contributed by atoms with Gasteiger partial charge in [-0.2, -0.15) is 10.2 Å². The van der Waals surface area contributed by atoms with Crippen LogP contribution in [0.5, 0.6) is 0 Å². The summed E-state index contributed by atoms with van der Waals surface area (Å²) in [6.45, 7) is 0.926. The van der Waals surface area contributed by atoms with Gasteiger partial charge in [-0.15, -0.1) is 0 Å². The molecule has 3 aromatic heterocycles. The van der Waals surface area contributed by atoms with E-state index in [1.54, 1.807) is 35.5 Å². The first kappa shape index (κ1) is 16.3. The van der Waals surface area contributed by atoms with Crippen LogP contribution in [0, 0.1) is 5.92 Å². The number of aryl methyl sites for hydroxylation is 1. The molecule has 0 bridgehead atoms. The van der Waals surface area contributed by atoms with Crippen molar-refractivity contribution in [3.05, 3.63) is 54.9 Å². The standard InChI is InChI=1S/C19H20N6O/c1-24-12-16(9-21-24)18-6-7-20-8-15(18)4-5-19(26)23-17-10-22-25(13-17)11-14-2-3-14/h4-10,12-14H,2-3,11H2,1H3,(H,23,26). The van der Waals surface area contributed by atoms with Crippen LogP contribution in [0.25, 0.3) is 17.2 Å². The SMILES string of the molecule is Cn1cc(-c2ccncc2C=CC(=O)Nc2cnn(CC3CC3)c2)cn1. The number of rotatable bonds is 6. The molecule has 7 heteroatoms. The van der Waals surface area contributed by atoms with E-state index in [2.05, 4.69) is 20.5 Å². The Morgan fingerprint density at radius 3 is 2.92 bits per heavy atom. The van der Waals surface area contributed by atoms with Crippen LogP contribution in [0.1, 0.15) is 18.4 Å². The van der Waals surface area contributed by atoms with Crippen molar-refractivity contribution in [3.63, 3.8) is 0 Å². The molecule has 0 saturated heterocycles. The van der Waals surface area contributed by atoms with Gasteiger partial charge in [-0.3, -0.25) is 19.1 Å². The maximum absolute atomic E-state index is 12.2. The first-order valence-corrected chi connectivity index (χ1v) is 8.62. The summed E-state index contributed by atoms with van der Waals surface area (Å²) in [4.78, 5) is 16.4. The van der Waals surface area contributed by atoms with Gasteiger partial charge in [0.2, 0.25) is 5.91 Å². The summed E-state index contributed by atoms with van der Waals surface area (Å²) < 4.78 is 3.63. The highest BCUT2D eigenvalue weighted by molar-refractivity contribution is 6.02. The lowest BCUT2D eigenvalue weighted by molar-refractivity contribution is -0.111. The number of carbonyl (C=O) groups excluding carboxylic acids is 1. The molecule has 0 unspecified atom stereocenters. The smallest absolute Gasteiger partial charge is 0.248 e. The van der Waals surface area contributed by atoms with E-state index >= 15 is 0 Å². The number of hydrogen-bond acceptors (Lipinski definition) is 4. The van der Waals surface area contributed by atoms with Crippen LogP contribution in [0.4, 0.5) is 5.69 Å². The van der Waals surface area contributed by atoms with Crippen LogP contribution in [-0.2, 0) is 18.4 Å². The highest BCUT2D eigenvalue weighted by Gasteiger charge is 2.22. The molecule has 1 aliphatic rings. The zero-order valence-corrected chi connectivity index (χ0v) is 14.5. The minimum absolute atomic E-state index is 0.197. The van der Waals surface area contributed by atoms with Crippen LogP contribution in [0.15, 0.2) is 49.3 Å². The summed E-state index contributed by atoms with van der Waals surface area (Å²) in [5.41, 5.74) is 3.53. The van der Waals surface area contributed by atoms with Crippen molar-refractivity contribution in [1.29, 1.82) is 0 Å². The average molecular weight is 348 g/mol. The van der Waals surface area contributed by atoms with E-state index in [4.69, 9.17) is 0 Å². The van der Waals surface area contributed by atoms with Gasteiger partial charge < -0.3 is 5.32 Å². The number of nitrogens with zero attached hydrogens (tertiary/aromatic N) is 5. The fraction of sp³-hybridized carbons (Fsp3) is 0.263. The quantitative estimate of drug-likeness (QED) is 0.695. The first-order chi connectivity index (χ1) is 12.7. The maximum Gasteiger partial charge on any atom is 0.248 e. The van der Waals surface area contributed by atoms with Crippen molar-refractivity contribution >= 4 is 17.7 Å². The Balaban J connectivity index is 1.44. The van der Waals surface area contributed by atoms with E-state index in [0.29, 0.717) is 5.69 Å². The molecule has 7 nitrogen and oxygen atoms in total. The second-order valence-electron chi connectivity index (χ2n) is 6.58. The zero-order chi connectivity index (χ0) is 17.9. The summed E-state index contributed by atoms with van der Waals surface area (Å²) in [6, 6.07) is 1.91. The molecule has 3 aromatic rings. The molecule has 26 heavy (non-hydrogen) atoms. The molecule has 0 aromatic carbocycles. The molecular formula is C19H20N6O. The second-order valence-corrected chi connectivity index (χ2v) is 6.58. The monoisotopic (exact) mass is 348 g/mol. The van der Waals surface area contributed by atoms with Gasteiger partial charge in [-0.1, -0.05) is 0 Å². The molecule has 0 aliphatic heterocycles. The number of nitrogens with one attached hydrogen (secondary N) is 1. The van der Waals surface area contributed by atoms with Gasteiger partial charge in [0.15, 0.2) is 0 Å². The van der Waals surface area contributed by atoms with Gasteiger partial charge in [-0.25, -0.2) is 0 Å². The van der Waals surface area contributed by atoms with E-state index in [1.807, 2.05) is 30.2 Å². The Bertz CT molecular complexity index is 950. The maximum atomic E-state index is 12.2. The largest absolute Gasteiger partial charge is 0.320 e. The Hall–Kier alpha value is -3.22. The topological polar surface area (TPSA) is 77.6 Å². The normalized spacial score (nSPS) is 14.0. The van der Waals surface area contributed by atoms with Crippen LogP contribution in [0.2, 0.25) is 0 Å². The Kier molecular flexibility index (Phi) is 4.35. The molecule has 1 aliphatic carbocycles. The zero-order valence-electron chi connectivity index (χ0n) is 14.5. The summed E-state index contributed by atoms with van der Waals surface area (Å²) in [5.74, 6) is 0.548. The van der Waals surface area contributed by atoms with Crippen molar-refractivity contribution in [2.75, 3.05) is 5.32 Å². The number of anilines is 1. The van der Waals surface area contributed by atoms with E-state index in [1.165, 1.54) is 18.9 Å². The predicted molar refractivity (Wildman–Crippen MR) is 99.1 cm³/mol. The summed E-state index contributed by atoms with van der Waals surface area (Å²) in [7, 11) is 1.87. The molecule has 1 N–H and O–H groups in total. The molecule has 3 heterocycles. The lowest BCUT2D eigenvalue weighted by atomic mass is 10.0.